The van der Waals surface area contributed by atoms with Crippen LogP contribution in [0.3, 0.4) is 0 Å². The highest BCUT2D eigenvalue weighted by atomic mass is 35.5. The Morgan fingerprint density at radius 1 is 1.21 bits per heavy atom. The van der Waals surface area contributed by atoms with Gasteiger partial charge in [0.1, 0.15) is 5.75 Å². The molecule has 5 heteroatoms. The van der Waals surface area contributed by atoms with E-state index in [0.717, 1.165) is 25.7 Å². The van der Waals surface area contributed by atoms with Gasteiger partial charge in [0, 0.05) is 17.5 Å². The molecule has 0 unspecified atom stereocenters. The summed E-state index contributed by atoms with van der Waals surface area (Å²) in [6.07, 6.45) is 5.09. The Morgan fingerprint density at radius 2 is 1.74 bits per heavy atom. The number of carbonyl (C=O) groups is 1. The van der Waals surface area contributed by atoms with E-state index in [4.69, 9.17) is 23.2 Å². The molecule has 0 spiro atoms. The van der Waals surface area contributed by atoms with Gasteiger partial charge in [-0.15, -0.1) is 0 Å². The second-order valence-corrected chi connectivity index (χ2v) is 6.17. The van der Waals surface area contributed by atoms with Gasteiger partial charge in [-0.1, -0.05) is 49.4 Å². The zero-order valence-electron chi connectivity index (χ0n) is 10.8. The lowest BCUT2D eigenvalue weighted by Gasteiger charge is -2.32. The van der Waals surface area contributed by atoms with Crippen molar-refractivity contribution < 1.29 is 9.90 Å². The van der Waals surface area contributed by atoms with Crippen LogP contribution in [0, 0.1) is 5.41 Å². The first-order chi connectivity index (χ1) is 8.92. The van der Waals surface area contributed by atoms with Crippen molar-refractivity contribution in [3.05, 3.63) is 22.2 Å². The first kappa shape index (κ1) is 14.5. The van der Waals surface area contributed by atoms with Crippen molar-refractivity contribution >= 4 is 34.8 Å². The lowest BCUT2D eigenvalue weighted by atomic mass is 9.75. The van der Waals surface area contributed by atoms with E-state index in [1.807, 2.05) is 6.92 Å². The van der Waals surface area contributed by atoms with Gasteiger partial charge in [-0.05, 0) is 12.8 Å². The number of halogens is 2. The maximum absolute atomic E-state index is 12.4. The molecule has 1 aliphatic rings. The van der Waals surface area contributed by atoms with E-state index in [2.05, 4.69) is 5.32 Å². The van der Waals surface area contributed by atoms with Crippen molar-refractivity contribution in [3.8, 4) is 5.75 Å². The zero-order valence-corrected chi connectivity index (χ0v) is 12.3. The Kier molecular flexibility index (Phi) is 4.26. The number of hydrogen-bond donors (Lipinski definition) is 2. The molecule has 0 saturated heterocycles. The third kappa shape index (κ3) is 3.15. The Hall–Kier alpha value is -0.930. The topological polar surface area (TPSA) is 49.3 Å². The summed E-state index contributed by atoms with van der Waals surface area (Å²) in [6.45, 7) is 1.98. The van der Waals surface area contributed by atoms with Gasteiger partial charge in [0.05, 0.1) is 15.7 Å². The number of aromatic hydroxyl groups is 1. The van der Waals surface area contributed by atoms with Crippen LogP contribution in [0.2, 0.25) is 10.0 Å². The molecule has 0 heterocycles. The maximum atomic E-state index is 12.4. The highest BCUT2D eigenvalue weighted by Crippen LogP contribution is 2.39. The number of amides is 1. The number of phenolic OH excluding ortho intramolecular Hbond substituents is 1. The average Bonchev–Trinajstić information content (AvgIpc) is 2.34. The molecular weight excluding hydrogens is 285 g/mol. The monoisotopic (exact) mass is 301 g/mol. The standard InChI is InChI=1S/C14H17Cl2NO2/c1-14(5-3-2-4-6-14)13(19)17-12-10(15)7-9(18)8-11(12)16/h7-8,18H,2-6H2,1H3,(H,17,19). The Labute approximate surface area is 122 Å². The fourth-order valence-electron chi connectivity index (χ4n) is 2.50. The van der Waals surface area contributed by atoms with Crippen molar-refractivity contribution in [2.75, 3.05) is 5.32 Å². The van der Waals surface area contributed by atoms with Gasteiger partial charge in [-0.3, -0.25) is 4.79 Å². The second kappa shape index (κ2) is 5.59. The SMILES string of the molecule is CC1(C(=O)Nc2c(Cl)cc(O)cc2Cl)CCCCC1. The molecule has 1 aromatic rings. The summed E-state index contributed by atoms with van der Waals surface area (Å²) in [5.41, 5.74) is 0.0147. The predicted octanol–water partition coefficient (Wildman–Crippen LogP) is 4.61. The molecule has 0 radical (unpaired) electrons. The minimum Gasteiger partial charge on any atom is -0.508 e. The summed E-state index contributed by atoms with van der Waals surface area (Å²) >= 11 is 12.0. The zero-order chi connectivity index (χ0) is 14.0. The van der Waals surface area contributed by atoms with Crippen molar-refractivity contribution in [2.45, 2.75) is 39.0 Å². The van der Waals surface area contributed by atoms with E-state index in [1.54, 1.807) is 0 Å². The maximum Gasteiger partial charge on any atom is 0.230 e. The molecular formula is C14H17Cl2NO2. The van der Waals surface area contributed by atoms with E-state index in [9.17, 15) is 9.90 Å². The molecule has 0 aromatic heterocycles. The predicted molar refractivity (Wildman–Crippen MR) is 77.9 cm³/mol. The number of nitrogens with one attached hydrogen (secondary N) is 1. The summed E-state index contributed by atoms with van der Waals surface area (Å²) in [5.74, 6) is -0.0708. The second-order valence-electron chi connectivity index (χ2n) is 5.36. The number of carbonyl (C=O) groups excluding carboxylic acids is 1. The van der Waals surface area contributed by atoms with Crippen molar-refractivity contribution in [1.29, 1.82) is 0 Å². The van der Waals surface area contributed by atoms with E-state index >= 15 is 0 Å². The first-order valence-electron chi connectivity index (χ1n) is 6.42. The van der Waals surface area contributed by atoms with Crippen LogP contribution in [0.4, 0.5) is 5.69 Å². The summed E-state index contributed by atoms with van der Waals surface area (Å²) < 4.78 is 0. The van der Waals surface area contributed by atoms with E-state index in [-0.39, 0.29) is 27.1 Å². The Bertz CT molecular complexity index is 473. The minimum atomic E-state index is -0.358. The Morgan fingerprint density at radius 3 is 2.26 bits per heavy atom. The summed E-state index contributed by atoms with van der Waals surface area (Å²) in [4.78, 5) is 12.4. The summed E-state index contributed by atoms with van der Waals surface area (Å²) in [5, 5.41) is 12.7. The fraction of sp³-hybridized carbons (Fsp3) is 0.500. The summed E-state index contributed by atoms with van der Waals surface area (Å²) in [7, 11) is 0. The van der Waals surface area contributed by atoms with Gasteiger partial charge in [0.25, 0.3) is 0 Å². The number of hydrogen-bond acceptors (Lipinski definition) is 2. The van der Waals surface area contributed by atoms with Crippen molar-refractivity contribution in [3.63, 3.8) is 0 Å². The average molecular weight is 302 g/mol. The molecule has 104 valence electrons. The quantitative estimate of drug-likeness (QED) is 0.784. The third-order valence-electron chi connectivity index (χ3n) is 3.77. The lowest BCUT2D eigenvalue weighted by molar-refractivity contribution is -0.126. The van der Waals surface area contributed by atoms with Crippen molar-refractivity contribution in [1.82, 2.24) is 0 Å². The molecule has 1 aromatic carbocycles. The smallest absolute Gasteiger partial charge is 0.230 e. The summed E-state index contributed by atoms with van der Waals surface area (Å²) in [6, 6.07) is 2.73. The largest absolute Gasteiger partial charge is 0.508 e. The number of rotatable bonds is 2. The molecule has 2 rings (SSSR count). The van der Waals surface area contributed by atoms with Gasteiger partial charge in [-0.25, -0.2) is 0 Å². The van der Waals surface area contributed by atoms with E-state index in [1.165, 1.54) is 18.6 Å². The first-order valence-corrected chi connectivity index (χ1v) is 7.17. The molecule has 0 bridgehead atoms. The minimum absolute atomic E-state index is 0.0168. The van der Waals surface area contributed by atoms with Crippen LogP contribution in [-0.2, 0) is 4.79 Å². The van der Waals surface area contributed by atoms with Gasteiger partial charge >= 0.3 is 0 Å². The van der Waals surface area contributed by atoms with Gasteiger partial charge in [-0.2, -0.15) is 0 Å². The van der Waals surface area contributed by atoms with Crippen LogP contribution >= 0.6 is 23.2 Å². The van der Waals surface area contributed by atoms with Crippen LogP contribution in [0.1, 0.15) is 39.0 Å². The van der Waals surface area contributed by atoms with Gasteiger partial charge in [0.2, 0.25) is 5.91 Å². The van der Waals surface area contributed by atoms with Crippen LogP contribution < -0.4 is 5.32 Å². The van der Waals surface area contributed by atoms with Gasteiger partial charge in [0.15, 0.2) is 0 Å². The fourth-order valence-corrected chi connectivity index (χ4v) is 3.07. The lowest BCUT2D eigenvalue weighted by Crippen LogP contribution is -2.35. The Balaban J connectivity index is 2.19. The molecule has 3 nitrogen and oxygen atoms in total. The highest BCUT2D eigenvalue weighted by Gasteiger charge is 2.35. The normalized spacial score (nSPS) is 18.1. The highest BCUT2D eigenvalue weighted by molar-refractivity contribution is 6.40. The molecule has 1 aliphatic carbocycles. The van der Waals surface area contributed by atoms with E-state index < -0.39 is 0 Å². The van der Waals surface area contributed by atoms with Crippen LogP contribution in [-0.4, -0.2) is 11.0 Å². The van der Waals surface area contributed by atoms with Crippen LogP contribution in [0.5, 0.6) is 5.75 Å². The number of phenols is 1. The van der Waals surface area contributed by atoms with E-state index in [0.29, 0.717) is 5.69 Å². The van der Waals surface area contributed by atoms with Gasteiger partial charge < -0.3 is 10.4 Å². The molecule has 0 atom stereocenters. The van der Waals surface area contributed by atoms with Crippen LogP contribution in [0.25, 0.3) is 0 Å². The molecule has 1 fully saturated rings. The molecule has 1 saturated carbocycles. The molecule has 19 heavy (non-hydrogen) atoms. The third-order valence-corrected chi connectivity index (χ3v) is 4.37. The molecule has 2 N–H and O–H groups in total. The molecule has 0 aliphatic heterocycles. The van der Waals surface area contributed by atoms with Crippen LogP contribution in [0.15, 0.2) is 12.1 Å². The number of anilines is 1. The number of benzene rings is 1. The van der Waals surface area contributed by atoms with Crippen molar-refractivity contribution in [2.24, 2.45) is 5.41 Å². The molecule has 1 amide bonds.